The van der Waals surface area contributed by atoms with Gasteiger partial charge in [0.1, 0.15) is 0 Å². The Hall–Kier alpha value is -2.67. The number of para-hydroxylation sites is 2. The summed E-state index contributed by atoms with van der Waals surface area (Å²) in [6, 6.07) is 8.03. The Morgan fingerprint density at radius 2 is 1.90 bits per heavy atom. The number of nitrogens with zero attached hydrogens (tertiary/aromatic N) is 5. The van der Waals surface area contributed by atoms with Gasteiger partial charge in [-0.15, -0.1) is 0 Å². The molecule has 7 heteroatoms. The number of imidazole rings is 1. The van der Waals surface area contributed by atoms with Crippen LogP contribution in [0.1, 0.15) is 37.2 Å². The van der Waals surface area contributed by atoms with Crippen LogP contribution in [0.4, 0.5) is 5.95 Å². The predicted octanol–water partition coefficient (Wildman–Crippen LogP) is 3.30. The second-order valence-electron chi connectivity index (χ2n) is 7.42. The molecule has 0 saturated carbocycles. The number of likely N-dealkylation sites (N-methyl/N-ethyl adjacent to an activating group) is 1. The average molecular weight is 397 g/mol. The summed E-state index contributed by atoms with van der Waals surface area (Å²) in [5.41, 5.74) is 5.21. The van der Waals surface area contributed by atoms with E-state index in [0.29, 0.717) is 18.8 Å². The number of hydrogen-bond acceptors (Lipinski definition) is 4. The van der Waals surface area contributed by atoms with Gasteiger partial charge in [-0.3, -0.25) is 14.8 Å². The zero-order valence-corrected chi connectivity index (χ0v) is 18.2. The molecule has 3 aromatic rings. The average Bonchev–Trinajstić information content (AvgIpc) is 3.17. The minimum Gasteiger partial charge on any atom is -0.309 e. The highest BCUT2D eigenvalue weighted by Gasteiger charge is 2.16. The normalized spacial score (nSPS) is 11.5. The number of rotatable bonds is 9. The van der Waals surface area contributed by atoms with Crippen molar-refractivity contribution in [2.24, 2.45) is 7.05 Å². The van der Waals surface area contributed by atoms with Crippen LogP contribution in [0.15, 0.2) is 24.3 Å². The van der Waals surface area contributed by atoms with E-state index < -0.39 is 0 Å². The fourth-order valence-electron chi connectivity index (χ4n) is 3.78. The second kappa shape index (κ2) is 9.22. The minimum absolute atomic E-state index is 0.0213. The molecule has 1 aromatic carbocycles. The summed E-state index contributed by atoms with van der Waals surface area (Å²) in [5.74, 6) is 0.607. The molecule has 156 valence electrons. The van der Waals surface area contributed by atoms with Gasteiger partial charge in [0.25, 0.3) is 0 Å². The van der Waals surface area contributed by atoms with E-state index in [4.69, 9.17) is 0 Å². The molecule has 0 aliphatic rings. The SMILES string of the molecule is CCN(CC)CCn1c(NC(=O)CCc2c(C)nn(C)c2C)nc2ccccc21. The lowest BCUT2D eigenvalue weighted by molar-refractivity contribution is -0.116. The Kier molecular flexibility index (Phi) is 6.69. The lowest BCUT2D eigenvalue weighted by atomic mass is 10.1. The van der Waals surface area contributed by atoms with Crippen molar-refractivity contribution in [1.29, 1.82) is 0 Å². The molecule has 0 fully saturated rings. The number of anilines is 1. The summed E-state index contributed by atoms with van der Waals surface area (Å²) in [4.78, 5) is 19.7. The second-order valence-corrected chi connectivity index (χ2v) is 7.42. The maximum atomic E-state index is 12.7. The molecule has 2 aromatic heterocycles. The van der Waals surface area contributed by atoms with Gasteiger partial charge in [0.2, 0.25) is 11.9 Å². The van der Waals surface area contributed by atoms with Crippen molar-refractivity contribution < 1.29 is 4.79 Å². The van der Waals surface area contributed by atoms with Crippen LogP contribution in [0.2, 0.25) is 0 Å². The van der Waals surface area contributed by atoms with Gasteiger partial charge in [0.05, 0.1) is 16.7 Å². The first-order chi connectivity index (χ1) is 13.9. The molecule has 7 nitrogen and oxygen atoms in total. The molecule has 0 spiro atoms. The van der Waals surface area contributed by atoms with Gasteiger partial charge in [-0.05, 0) is 51.1 Å². The van der Waals surface area contributed by atoms with Crippen LogP contribution in [0.3, 0.4) is 0 Å². The molecule has 0 radical (unpaired) electrons. The summed E-state index contributed by atoms with van der Waals surface area (Å²) in [5, 5.41) is 7.48. The van der Waals surface area contributed by atoms with E-state index in [0.717, 1.165) is 54.2 Å². The van der Waals surface area contributed by atoms with Crippen molar-refractivity contribution in [1.82, 2.24) is 24.2 Å². The fourth-order valence-corrected chi connectivity index (χ4v) is 3.78. The quantitative estimate of drug-likeness (QED) is 0.603. The first-order valence-corrected chi connectivity index (χ1v) is 10.4. The maximum absolute atomic E-state index is 12.7. The van der Waals surface area contributed by atoms with E-state index in [9.17, 15) is 4.79 Å². The van der Waals surface area contributed by atoms with Crippen LogP contribution < -0.4 is 5.32 Å². The highest BCUT2D eigenvalue weighted by molar-refractivity contribution is 5.91. The molecule has 0 bridgehead atoms. The summed E-state index contributed by atoms with van der Waals surface area (Å²) in [6.07, 6.45) is 1.09. The van der Waals surface area contributed by atoms with Crippen molar-refractivity contribution in [3.05, 3.63) is 41.2 Å². The van der Waals surface area contributed by atoms with Gasteiger partial charge in [-0.25, -0.2) is 4.98 Å². The first-order valence-electron chi connectivity index (χ1n) is 10.4. The monoisotopic (exact) mass is 396 g/mol. The van der Waals surface area contributed by atoms with Gasteiger partial charge in [0.15, 0.2) is 0 Å². The third-order valence-electron chi connectivity index (χ3n) is 5.70. The molecule has 0 saturated heterocycles. The fraction of sp³-hybridized carbons (Fsp3) is 0.500. The molecule has 0 atom stereocenters. The first kappa shape index (κ1) is 21.0. The lowest BCUT2D eigenvalue weighted by Crippen LogP contribution is -2.27. The van der Waals surface area contributed by atoms with Gasteiger partial charge in [-0.1, -0.05) is 26.0 Å². The molecule has 1 N–H and O–H groups in total. The number of nitrogens with one attached hydrogen (secondary N) is 1. The summed E-state index contributed by atoms with van der Waals surface area (Å²) >= 11 is 0. The minimum atomic E-state index is -0.0213. The summed E-state index contributed by atoms with van der Waals surface area (Å²) < 4.78 is 3.99. The molecule has 29 heavy (non-hydrogen) atoms. The van der Waals surface area contributed by atoms with Crippen molar-refractivity contribution in [3.8, 4) is 0 Å². The number of carbonyl (C=O) groups is 1. The van der Waals surface area contributed by atoms with Crippen molar-refractivity contribution in [2.45, 2.75) is 47.1 Å². The van der Waals surface area contributed by atoms with E-state index in [1.54, 1.807) is 0 Å². The molecule has 1 amide bonds. The molecule has 0 unspecified atom stereocenters. The Balaban J connectivity index is 1.74. The third kappa shape index (κ3) is 4.67. The number of benzene rings is 1. The largest absolute Gasteiger partial charge is 0.309 e. The smallest absolute Gasteiger partial charge is 0.227 e. The van der Waals surface area contributed by atoms with Gasteiger partial charge in [-0.2, -0.15) is 5.10 Å². The molecular formula is C22H32N6O. The number of hydrogen-bond donors (Lipinski definition) is 1. The maximum Gasteiger partial charge on any atom is 0.227 e. The van der Waals surface area contributed by atoms with Crippen LogP contribution >= 0.6 is 0 Å². The van der Waals surface area contributed by atoms with Crippen LogP contribution in [-0.4, -0.2) is 49.8 Å². The summed E-state index contributed by atoms with van der Waals surface area (Å²) in [6.45, 7) is 12.1. The Morgan fingerprint density at radius 1 is 1.17 bits per heavy atom. The number of amides is 1. The molecular weight excluding hydrogens is 364 g/mol. The van der Waals surface area contributed by atoms with Crippen LogP contribution in [0.25, 0.3) is 11.0 Å². The van der Waals surface area contributed by atoms with Crippen LogP contribution in [0, 0.1) is 13.8 Å². The van der Waals surface area contributed by atoms with Crippen LogP contribution in [-0.2, 0) is 24.8 Å². The Labute approximate surface area is 172 Å². The standard InChI is InChI=1S/C22H32N6O/c1-6-27(7-2)14-15-28-20-11-9-8-10-19(20)23-22(28)24-21(29)13-12-18-16(3)25-26(5)17(18)4/h8-11H,6-7,12-15H2,1-5H3,(H,23,24,29). The molecule has 2 heterocycles. The van der Waals surface area contributed by atoms with E-state index >= 15 is 0 Å². The van der Waals surface area contributed by atoms with Gasteiger partial charge in [0, 0.05) is 32.3 Å². The molecule has 0 aliphatic carbocycles. The highest BCUT2D eigenvalue weighted by atomic mass is 16.1. The third-order valence-corrected chi connectivity index (χ3v) is 5.70. The van der Waals surface area contributed by atoms with E-state index in [2.05, 4.69) is 44.8 Å². The highest BCUT2D eigenvalue weighted by Crippen LogP contribution is 2.20. The number of aryl methyl sites for hydroxylation is 2. The van der Waals surface area contributed by atoms with Gasteiger partial charge >= 0.3 is 0 Å². The Bertz CT molecular complexity index is 983. The van der Waals surface area contributed by atoms with E-state index in [1.165, 1.54) is 0 Å². The van der Waals surface area contributed by atoms with Gasteiger partial charge < -0.3 is 9.47 Å². The van der Waals surface area contributed by atoms with Crippen molar-refractivity contribution in [2.75, 3.05) is 25.0 Å². The predicted molar refractivity (Wildman–Crippen MR) is 117 cm³/mol. The van der Waals surface area contributed by atoms with Crippen LogP contribution in [0.5, 0.6) is 0 Å². The zero-order valence-electron chi connectivity index (χ0n) is 18.2. The number of fused-ring (bicyclic) bond motifs is 1. The van der Waals surface area contributed by atoms with Crippen molar-refractivity contribution >= 4 is 22.9 Å². The Morgan fingerprint density at radius 3 is 2.55 bits per heavy atom. The number of aromatic nitrogens is 4. The zero-order chi connectivity index (χ0) is 21.0. The summed E-state index contributed by atoms with van der Waals surface area (Å²) in [7, 11) is 1.93. The lowest BCUT2D eigenvalue weighted by Gasteiger charge is -2.19. The van der Waals surface area contributed by atoms with E-state index in [1.807, 2.05) is 43.8 Å². The van der Waals surface area contributed by atoms with E-state index in [-0.39, 0.29) is 5.91 Å². The molecule has 3 rings (SSSR count). The topological polar surface area (TPSA) is 68.0 Å². The number of carbonyl (C=O) groups excluding carboxylic acids is 1. The van der Waals surface area contributed by atoms with Crippen molar-refractivity contribution in [3.63, 3.8) is 0 Å². The molecule has 0 aliphatic heterocycles.